The molecule has 0 unspecified atom stereocenters. The van der Waals surface area contributed by atoms with Crippen molar-refractivity contribution < 1.29 is 18.8 Å². The van der Waals surface area contributed by atoms with Crippen LogP contribution >= 0.6 is 11.6 Å². The summed E-state index contributed by atoms with van der Waals surface area (Å²) in [6.07, 6.45) is 3.23. The number of carbonyl (C=O) groups excluding carboxylic acids is 3. The first-order valence-electron chi connectivity index (χ1n) is 10.3. The molecule has 1 aromatic heterocycles. The van der Waals surface area contributed by atoms with Crippen LogP contribution in [0.15, 0.2) is 28.7 Å². The number of furan rings is 1. The minimum Gasteiger partial charge on any atom is -0.459 e. The Bertz CT molecular complexity index is 987. The van der Waals surface area contributed by atoms with Gasteiger partial charge in [0, 0.05) is 23.4 Å². The molecule has 5 rings (SSSR count). The third-order valence-electron chi connectivity index (χ3n) is 6.88. The van der Waals surface area contributed by atoms with Gasteiger partial charge in [0.15, 0.2) is 0 Å². The van der Waals surface area contributed by atoms with Crippen molar-refractivity contribution in [3.05, 3.63) is 35.0 Å². The molecule has 1 aliphatic heterocycles. The number of imide groups is 1. The maximum absolute atomic E-state index is 12.7. The van der Waals surface area contributed by atoms with E-state index in [0.717, 1.165) is 24.6 Å². The first kappa shape index (κ1) is 18.7. The lowest BCUT2D eigenvalue weighted by atomic mass is 9.81. The van der Waals surface area contributed by atoms with Gasteiger partial charge in [-0.05, 0) is 62.3 Å². The van der Waals surface area contributed by atoms with E-state index in [9.17, 15) is 14.4 Å². The van der Waals surface area contributed by atoms with Gasteiger partial charge >= 0.3 is 0 Å². The first-order chi connectivity index (χ1) is 13.9. The van der Waals surface area contributed by atoms with Crippen LogP contribution in [0.3, 0.4) is 0 Å². The maximum atomic E-state index is 12.7. The SMILES string of the molecule is C[C@@H](NC(=O)CCN1C(=O)[C@@H]2[C@H]3CC[C@@H](C3)[C@@H]2C1=O)c1cc2cc(Cl)ccc2o1. The predicted octanol–water partition coefficient (Wildman–Crippen LogP) is 3.68. The normalized spacial score (nSPS) is 29.0. The van der Waals surface area contributed by atoms with Gasteiger partial charge in [0.25, 0.3) is 0 Å². The molecule has 2 saturated carbocycles. The molecule has 2 heterocycles. The van der Waals surface area contributed by atoms with Crippen LogP contribution in [-0.4, -0.2) is 29.2 Å². The summed E-state index contributed by atoms with van der Waals surface area (Å²) in [5.74, 6) is 0.746. The number of hydrogen-bond acceptors (Lipinski definition) is 4. The third-order valence-corrected chi connectivity index (χ3v) is 7.12. The lowest BCUT2D eigenvalue weighted by Gasteiger charge is -2.19. The zero-order chi connectivity index (χ0) is 20.3. The Balaban J connectivity index is 1.20. The zero-order valence-electron chi connectivity index (χ0n) is 16.2. The molecule has 5 atom stereocenters. The molecule has 7 heteroatoms. The molecule has 3 amide bonds. The van der Waals surface area contributed by atoms with Gasteiger partial charge in [-0.2, -0.15) is 0 Å². The van der Waals surface area contributed by atoms with Gasteiger partial charge in [0.05, 0.1) is 17.9 Å². The number of nitrogens with one attached hydrogen (secondary N) is 1. The van der Waals surface area contributed by atoms with Crippen LogP contribution in [0.4, 0.5) is 0 Å². The highest BCUT2D eigenvalue weighted by molar-refractivity contribution is 6.31. The molecular formula is C22H23ClN2O4. The molecule has 1 saturated heterocycles. The second kappa shape index (κ2) is 6.87. The van der Waals surface area contributed by atoms with E-state index in [1.54, 1.807) is 12.1 Å². The molecule has 3 aliphatic rings. The maximum Gasteiger partial charge on any atom is 0.233 e. The molecule has 1 aromatic carbocycles. The summed E-state index contributed by atoms with van der Waals surface area (Å²) in [6.45, 7) is 1.99. The Morgan fingerprint density at radius 3 is 2.59 bits per heavy atom. The third kappa shape index (κ3) is 3.05. The van der Waals surface area contributed by atoms with Crippen LogP contribution in [-0.2, 0) is 14.4 Å². The molecule has 6 nitrogen and oxygen atoms in total. The van der Waals surface area contributed by atoms with Gasteiger partial charge < -0.3 is 9.73 Å². The summed E-state index contributed by atoms with van der Waals surface area (Å²) in [4.78, 5) is 39.2. The van der Waals surface area contributed by atoms with Gasteiger partial charge in [0.2, 0.25) is 17.7 Å². The lowest BCUT2D eigenvalue weighted by Crippen LogP contribution is -2.37. The van der Waals surface area contributed by atoms with Crippen LogP contribution in [0, 0.1) is 23.7 Å². The van der Waals surface area contributed by atoms with Crippen molar-refractivity contribution in [2.45, 2.75) is 38.6 Å². The van der Waals surface area contributed by atoms with E-state index in [2.05, 4.69) is 5.32 Å². The largest absolute Gasteiger partial charge is 0.459 e. The fourth-order valence-electron chi connectivity index (χ4n) is 5.54. The Morgan fingerprint density at radius 2 is 1.90 bits per heavy atom. The molecular weight excluding hydrogens is 392 g/mol. The molecule has 0 radical (unpaired) electrons. The monoisotopic (exact) mass is 414 g/mol. The van der Waals surface area contributed by atoms with Crippen molar-refractivity contribution >= 4 is 40.3 Å². The minimum absolute atomic E-state index is 0.0674. The molecule has 3 fully saturated rings. The van der Waals surface area contributed by atoms with Crippen molar-refractivity contribution in [3.8, 4) is 0 Å². The van der Waals surface area contributed by atoms with E-state index in [1.165, 1.54) is 4.90 Å². The highest BCUT2D eigenvalue weighted by Gasteiger charge is 2.60. The number of fused-ring (bicyclic) bond motifs is 6. The van der Waals surface area contributed by atoms with E-state index in [0.29, 0.717) is 28.2 Å². The average Bonchev–Trinajstić information content (AvgIpc) is 3.43. The molecule has 2 bridgehead atoms. The topological polar surface area (TPSA) is 79.6 Å². The Morgan fingerprint density at radius 1 is 1.21 bits per heavy atom. The van der Waals surface area contributed by atoms with E-state index >= 15 is 0 Å². The zero-order valence-corrected chi connectivity index (χ0v) is 16.9. The summed E-state index contributed by atoms with van der Waals surface area (Å²) in [7, 11) is 0. The fourth-order valence-corrected chi connectivity index (χ4v) is 5.72. The minimum atomic E-state index is -0.325. The second-order valence-electron chi connectivity index (χ2n) is 8.58. The van der Waals surface area contributed by atoms with Gasteiger partial charge in [-0.25, -0.2) is 0 Å². The Kier molecular flexibility index (Phi) is 4.42. The number of carbonyl (C=O) groups is 3. The molecule has 152 valence electrons. The van der Waals surface area contributed by atoms with E-state index in [1.807, 2.05) is 19.1 Å². The van der Waals surface area contributed by atoms with Crippen LogP contribution < -0.4 is 5.32 Å². The quantitative estimate of drug-likeness (QED) is 0.757. The van der Waals surface area contributed by atoms with E-state index < -0.39 is 0 Å². The second-order valence-corrected chi connectivity index (χ2v) is 9.02. The average molecular weight is 415 g/mol. The van der Waals surface area contributed by atoms with Crippen molar-refractivity contribution in [1.29, 1.82) is 0 Å². The summed E-state index contributed by atoms with van der Waals surface area (Å²) in [5, 5.41) is 4.39. The summed E-state index contributed by atoms with van der Waals surface area (Å²) in [6, 6.07) is 6.90. The van der Waals surface area contributed by atoms with Crippen LogP contribution in [0.25, 0.3) is 11.0 Å². The fraction of sp³-hybridized carbons (Fsp3) is 0.500. The predicted molar refractivity (Wildman–Crippen MR) is 107 cm³/mol. The number of nitrogens with zero attached hydrogens (tertiary/aromatic N) is 1. The van der Waals surface area contributed by atoms with Crippen LogP contribution in [0.1, 0.15) is 44.4 Å². The van der Waals surface area contributed by atoms with Gasteiger partial charge in [0.1, 0.15) is 11.3 Å². The van der Waals surface area contributed by atoms with E-state index in [4.69, 9.17) is 16.0 Å². The number of benzene rings is 1. The van der Waals surface area contributed by atoms with Gasteiger partial charge in [-0.15, -0.1) is 0 Å². The van der Waals surface area contributed by atoms with Crippen molar-refractivity contribution in [1.82, 2.24) is 10.2 Å². The van der Waals surface area contributed by atoms with Crippen molar-refractivity contribution in [3.63, 3.8) is 0 Å². The van der Waals surface area contributed by atoms with Crippen molar-refractivity contribution in [2.75, 3.05) is 6.54 Å². The van der Waals surface area contributed by atoms with Crippen molar-refractivity contribution in [2.24, 2.45) is 23.7 Å². The lowest BCUT2D eigenvalue weighted by molar-refractivity contribution is -0.141. The highest BCUT2D eigenvalue weighted by Crippen LogP contribution is 2.56. The summed E-state index contributed by atoms with van der Waals surface area (Å²) in [5.41, 5.74) is 0.708. The van der Waals surface area contributed by atoms with Gasteiger partial charge in [-0.1, -0.05) is 11.6 Å². The number of halogens is 1. The van der Waals surface area contributed by atoms with Crippen LogP contribution in [0.2, 0.25) is 5.02 Å². The molecule has 29 heavy (non-hydrogen) atoms. The molecule has 2 aliphatic carbocycles. The first-order valence-corrected chi connectivity index (χ1v) is 10.6. The number of rotatable bonds is 5. The summed E-state index contributed by atoms with van der Waals surface area (Å²) < 4.78 is 5.79. The number of amides is 3. The van der Waals surface area contributed by atoms with Crippen LogP contribution in [0.5, 0.6) is 0 Å². The Labute approximate surface area is 173 Å². The summed E-state index contributed by atoms with van der Waals surface area (Å²) >= 11 is 6.00. The van der Waals surface area contributed by atoms with Gasteiger partial charge in [-0.3, -0.25) is 19.3 Å². The number of likely N-dealkylation sites (tertiary alicyclic amines) is 1. The Hall–Kier alpha value is -2.34. The molecule has 0 spiro atoms. The van der Waals surface area contributed by atoms with E-state index in [-0.39, 0.29) is 48.6 Å². The molecule has 2 aromatic rings. The smallest absolute Gasteiger partial charge is 0.233 e. The standard InChI is InChI=1S/C22H23ClN2O4/c1-11(17-10-14-9-15(23)4-5-16(14)29-17)24-18(26)6-7-25-21(27)19-12-2-3-13(8-12)20(19)22(25)28/h4-5,9-13,19-20H,2-3,6-8H2,1H3,(H,24,26)/t11-,12+,13+,19-,20+/m1/s1. The highest BCUT2D eigenvalue weighted by atomic mass is 35.5. The molecule has 1 N–H and O–H groups in total. The number of hydrogen-bond donors (Lipinski definition) is 1.